The van der Waals surface area contributed by atoms with Gasteiger partial charge in [-0.3, -0.25) is 4.98 Å². The number of nitrogens with zero attached hydrogens (tertiary/aromatic N) is 4. The van der Waals surface area contributed by atoms with E-state index in [0.29, 0.717) is 5.11 Å². The first kappa shape index (κ1) is 22.1. The molecule has 172 valence electrons. The number of aromatic nitrogens is 3. The molecule has 0 radical (unpaired) electrons. The highest BCUT2D eigenvalue weighted by molar-refractivity contribution is 7.80. The number of rotatable bonds is 5. The van der Waals surface area contributed by atoms with Crippen molar-refractivity contribution in [1.29, 1.82) is 0 Å². The number of nitrogens with one attached hydrogen (secondary N) is 1. The van der Waals surface area contributed by atoms with Gasteiger partial charge in [-0.1, -0.05) is 6.07 Å². The summed E-state index contributed by atoms with van der Waals surface area (Å²) in [5.41, 5.74) is 6.56. The van der Waals surface area contributed by atoms with Crippen molar-refractivity contribution in [3.05, 3.63) is 101 Å². The minimum atomic E-state index is -0.102. The molecule has 4 heterocycles. The van der Waals surface area contributed by atoms with Gasteiger partial charge in [0.2, 0.25) is 0 Å². The minimum Gasteiger partial charge on any atom is -0.497 e. The number of anilines is 1. The normalized spacial score (nSPS) is 17.6. The van der Waals surface area contributed by atoms with Crippen molar-refractivity contribution < 1.29 is 4.74 Å². The summed E-state index contributed by atoms with van der Waals surface area (Å²) in [5.74, 6) is 1.73. The average Bonchev–Trinajstić information content (AvgIpc) is 3.34. The van der Waals surface area contributed by atoms with Crippen molar-refractivity contribution in [2.45, 2.75) is 32.9 Å². The zero-order valence-electron chi connectivity index (χ0n) is 19.7. The summed E-state index contributed by atoms with van der Waals surface area (Å²) in [6.45, 7) is 6.35. The summed E-state index contributed by atoms with van der Waals surface area (Å²) in [5, 5.41) is 4.21. The molecule has 1 aliphatic heterocycles. The van der Waals surface area contributed by atoms with E-state index in [1.54, 1.807) is 7.11 Å². The number of aryl methyl sites for hydroxylation is 2. The van der Waals surface area contributed by atoms with Crippen LogP contribution in [0.1, 0.15) is 40.3 Å². The highest BCUT2D eigenvalue weighted by Crippen LogP contribution is 2.43. The number of hydrogen-bond acceptors (Lipinski definition) is 4. The van der Waals surface area contributed by atoms with E-state index < -0.39 is 0 Å². The van der Waals surface area contributed by atoms with Crippen molar-refractivity contribution in [3.8, 4) is 11.6 Å². The maximum atomic E-state index is 5.87. The third kappa shape index (κ3) is 3.82. The molecule has 0 amide bonds. The van der Waals surface area contributed by atoms with E-state index in [1.165, 1.54) is 11.1 Å². The molecule has 5 rings (SSSR count). The van der Waals surface area contributed by atoms with Crippen LogP contribution in [0.3, 0.4) is 0 Å². The average molecular weight is 470 g/mol. The number of pyridine rings is 2. The second kappa shape index (κ2) is 8.91. The lowest BCUT2D eigenvalue weighted by molar-refractivity contribution is 0.415. The van der Waals surface area contributed by atoms with Gasteiger partial charge in [0.25, 0.3) is 0 Å². The Bertz CT molecular complexity index is 1330. The smallest absolute Gasteiger partial charge is 0.174 e. The molecule has 0 aliphatic carbocycles. The maximum Gasteiger partial charge on any atom is 0.174 e. The molecule has 6 nitrogen and oxygen atoms in total. The van der Waals surface area contributed by atoms with E-state index in [1.807, 2.05) is 60.9 Å². The van der Waals surface area contributed by atoms with Crippen LogP contribution in [-0.2, 0) is 0 Å². The van der Waals surface area contributed by atoms with Gasteiger partial charge in [0, 0.05) is 29.5 Å². The standard InChI is InChI=1S/C27H27N5OS/c1-17-12-14-29-24(15-17)31-18(2)16-22(19(31)3)26-25(23-7-5-6-13-28-23)30-27(34)32(26)20-8-10-21(33-4)11-9-20/h5-16,25-26H,1-4H3,(H,30,34)/t25-,26-/m0/s1. The molecular formula is C27H27N5OS. The van der Waals surface area contributed by atoms with E-state index in [9.17, 15) is 0 Å². The second-order valence-corrected chi connectivity index (χ2v) is 8.93. The summed E-state index contributed by atoms with van der Waals surface area (Å²) in [6, 6.07) is 20.2. The second-order valence-electron chi connectivity index (χ2n) is 8.55. The van der Waals surface area contributed by atoms with Crippen LogP contribution in [0.2, 0.25) is 0 Å². The van der Waals surface area contributed by atoms with E-state index in [4.69, 9.17) is 17.0 Å². The predicted octanol–water partition coefficient (Wildman–Crippen LogP) is 5.38. The van der Waals surface area contributed by atoms with Gasteiger partial charge in [0.05, 0.1) is 24.9 Å². The summed E-state index contributed by atoms with van der Waals surface area (Å²) >= 11 is 5.87. The summed E-state index contributed by atoms with van der Waals surface area (Å²) < 4.78 is 7.58. The summed E-state index contributed by atoms with van der Waals surface area (Å²) in [6.07, 6.45) is 3.68. The molecule has 1 N–H and O–H groups in total. The fourth-order valence-corrected chi connectivity index (χ4v) is 5.12. The lowest BCUT2D eigenvalue weighted by atomic mass is 9.96. The topological polar surface area (TPSA) is 55.2 Å². The number of thiocarbonyl (C=S) groups is 1. The van der Waals surface area contributed by atoms with Crippen LogP contribution in [0.15, 0.2) is 73.1 Å². The van der Waals surface area contributed by atoms with Crippen molar-refractivity contribution in [2.75, 3.05) is 12.0 Å². The summed E-state index contributed by atoms with van der Waals surface area (Å²) in [4.78, 5) is 11.5. The van der Waals surface area contributed by atoms with Gasteiger partial charge in [-0.25, -0.2) is 4.98 Å². The Hall–Kier alpha value is -3.71. The maximum absolute atomic E-state index is 5.87. The number of methoxy groups -OCH3 is 1. The van der Waals surface area contributed by atoms with Crippen molar-refractivity contribution in [3.63, 3.8) is 0 Å². The Balaban J connectivity index is 1.67. The Morgan fingerprint density at radius 1 is 0.941 bits per heavy atom. The molecule has 1 aromatic carbocycles. The zero-order valence-corrected chi connectivity index (χ0v) is 20.5. The van der Waals surface area contributed by atoms with E-state index >= 15 is 0 Å². The highest BCUT2D eigenvalue weighted by Gasteiger charge is 2.42. The highest BCUT2D eigenvalue weighted by atomic mass is 32.1. The third-order valence-corrected chi connectivity index (χ3v) is 6.68. The molecule has 2 atom stereocenters. The van der Waals surface area contributed by atoms with Crippen molar-refractivity contribution >= 4 is 23.0 Å². The van der Waals surface area contributed by atoms with Gasteiger partial charge in [-0.2, -0.15) is 0 Å². The quantitative estimate of drug-likeness (QED) is 0.396. The van der Waals surface area contributed by atoms with Crippen LogP contribution in [0.5, 0.6) is 5.75 Å². The Morgan fingerprint density at radius 2 is 1.74 bits per heavy atom. The molecule has 1 fully saturated rings. The largest absolute Gasteiger partial charge is 0.497 e. The van der Waals surface area contributed by atoms with Gasteiger partial charge >= 0.3 is 0 Å². The fourth-order valence-electron chi connectivity index (χ4n) is 4.77. The molecule has 0 saturated carbocycles. The molecular weight excluding hydrogens is 442 g/mol. The molecule has 0 spiro atoms. The number of hydrogen-bond donors (Lipinski definition) is 1. The van der Waals surface area contributed by atoms with Crippen molar-refractivity contribution in [1.82, 2.24) is 19.9 Å². The Kier molecular flexibility index (Phi) is 5.79. The first-order chi connectivity index (χ1) is 16.5. The number of ether oxygens (including phenoxy) is 1. The molecule has 1 saturated heterocycles. The molecule has 7 heteroatoms. The number of benzene rings is 1. The molecule has 1 aliphatic rings. The van der Waals surface area contributed by atoms with Crippen molar-refractivity contribution in [2.24, 2.45) is 0 Å². The van der Waals surface area contributed by atoms with Crippen LogP contribution >= 0.6 is 12.2 Å². The first-order valence-electron chi connectivity index (χ1n) is 11.2. The van der Waals surface area contributed by atoms with Gasteiger partial charge in [-0.05, 0) is 98.7 Å². The van der Waals surface area contributed by atoms with Crippen LogP contribution in [0.4, 0.5) is 5.69 Å². The molecule has 0 unspecified atom stereocenters. The minimum absolute atomic E-state index is 0.0828. The van der Waals surface area contributed by atoms with Gasteiger partial charge < -0.3 is 19.5 Å². The Labute approximate surface area is 205 Å². The molecule has 3 aromatic heterocycles. The fraction of sp³-hybridized carbons (Fsp3) is 0.222. The van der Waals surface area contributed by atoms with E-state index in [2.05, 4.69) is 57.7 Å². The lowest BCUT2D eigenvalue weighted by Gasteiger charge is -2.28. The van der Waals surface area contributed by atoms with Gasteiger partial charge in [0.1, 0.15) is 11.6 Å². The first-order valence-corrected chi connectivity index (χ1v) is 11.7. The van der Waals surface area contributed by atoms with Gasteiger partial charge in [-0.15, -0.1) is 0 Å². The van der Waals surface area contributed by atoms with Gasteiger partial charge in [0.15, 0.2) is 5.11 Å². The molecule has 34 heavy (non-hydrogen) atoms. The van der Waals surface area contributed by atoms with Crippen LogP contribution in [0, 0.1) is 20.8 Å². The van der Waals surface area contributed by atoms with E-state index in [-0.39, 0.29) is 12.1 Å². The summed E-state index contributed by atoms with van der Waals surface area (Å²) in [7, 11) is 1.67. The Morgan fingerprint density at radius 3 is 2.41 bits per heavy atom. The zero-order chi connectivity index (χ0) is 23.8. The van der Waals surface area contributed by atoms with Crippen LogP contribution < -0.4 is 15.0 Å². The lowest BCUT2D eigenvalue weighted by Crippen LogP contribution is -2.29. The predicted molar refractivity (Wildman–Crippen MR) is 139 cm³/mol. The molecule has 0 bridgehead atoms. The molecule has 4 aromatic rings. The van der Waals surface area contributed by atoms with Crippen LogP contribution in [0.25, 0.3) is 5.82 Å². The monoisotopic (exact) mass is 469 g/mol. The van der Waals surface area contributed by atoms with Crippen LogP contribution in [-0.4, -0.2) is 26.8 Å². The SMILES string of the molecule is COc1ccc(N2C(=S)N[C@@H](c3ccccn3)[C@@H]2c2cc(C)n(-c3cc(C)ccn3)c2C)cc1. The van der Waals surface area contributed by atoms with E-state index in [0.717, 1.165) is 34.3 Å². The third-order valence-electron chi connectivity index (χ3n) is 6.37.